The van der Waals surface area contributed by atoms with Gasteiger partial charge in [-0.3, -0.25) is 0 Å². The molecule has 0 saturated heterocycles. The summed E-state index contributed by atoms with van der Waals surface area (Å²) in [6, 6.07) is 2.54. The average molecular weight is 330 g/mol. The first-order chi connectivity index (χ1) is 11.8. The van der Waals surface area contributed by atoms with Crippen LogP contribution in [-0.4, -0.2) is 16.1 Å². The summed E-state index contributed by atoms with van der Waals surface area (Å²) in [4.78, 5) is 8.77. The third-order valence-electron chi connectivity index (χ3n) is 4.90. The molecule has 0 spiro atoms. The number of hydrogen-bond acceptors (Lipinski definition) is 4. The predicted molar refractivity (Wildman–Crippen MR) is 96.4 cm³/mol. The summed E-state index contributed by atoms with van der Waals surface area (Å²) in [5.74, 6) is 1.02. The molecule has 3 rings (SSSR count). The van der Waals surface area contributed by atoms with Gasteiger partial charge in [-0.1, -0.05) is 45.4 Å². The standard InChI is InChI=1S/C20H30N2O2/c1-2-3-4-5-6-7-8-13-18-14-16-15-21-20(22-19(16)23-18)24-17-11-9-10-12-17/h14-15,17H,2-13H2,1H3. The fraction of sp³-hybridized carbons (Fsp3) is 0.700. The van der Waals surface area contributed by atoms with Gasteiger partial charge in [-0.25, -0.2) is 4.98 Å². The van der Waals surface area contributed by atoms with E-state index >= 15 is 0 Å². The normalized spacial score (nSPS) is 15.4. The van der Waals surface area contributed by atoms with E-state index in [1.165, 1.54) is 57.8 Å². The molecule has 0 aromatic carbocycles. The number of fused-ring (bicyclic) bond motifs is 1. The van der Waals surface area contributed by atoms with E-state index < -0.39 is 0 Å². The Morgan fingerprint density at radius 1 is 1.08 bits per heavy atom. The van der Waals surface area contributed by atoms with Crippen LogP contribution in [0.2, 0.25) is 0 Å². The van der Waals surface area contributed by atoms with Gasteiger partial charge in [0, 0.05) is 12.6 Å². The number of aryl methyl sites for hydroxylation is 1. The van der Waals surface area contributed by atoms with Gasteiger partial charge in [-0.15, -0.1) is 0 Å². The van der Waals surface area contributed by atoms with Crippen LogP contribution < -0.4 is 4.74 Å². The van der Waals surface area contributed by atoms with E-state index in [0.29, 0.717) is 11.7 Å². The van der Waals surface area contributed by atoms with E-state index in [1.54, 1.807) is 0 Å². The number of aromatic nitrogens is 2. The molecule has 2 aromatic heterocycles. The van der Waals surface area contributed by atoms with Crippen molar-refractivity contribution >= 4 is 11.1 Å². The van der Waals surface area contributed by atoms with Crippen LogP contribution in [0, 0.1) is 0 Å². The Bertz CT molecular complexity index is 617. The van der Waals surface area contributed by atoms with E-state index in [1.807, 2.05) is 6.20 Å². The quantitative estimate of drug-likeness (QED) is 0.514. The van der Waals surface area contributed by atoms with Crippen molar-refractivity contribution in [2.45, 2.75) is 90.1 Å². The zero-order valence-electron chi connectivity index (χ0n) is 14.9. The molecule has 132 valence electrons. The average Bonchev–Trinajstić information content (AvgIpc) is 3.23. The molecule has 4 nitrogen and oxygen atoms in total. The maximum atomic E-state index is 5.89. The van der Waals surface area contributed by atoms with Crippen LogP contribution in [-0.2, 0) is 6.42 Å². The minimum atomic E-state index is 0.282. The van der Waals surface area contributed by atoms with Gasteiger partial charge in [0.05, 0.1) is 5.39 Å². The molecule has 2 aromatic rings. The van der Waals surface area contributed by atoms with Crippen molar-refractivity contribution in [2.24, 2.45) is 0 Å². The fourth-order valence-electron chi connectivity index (χ4n) is 3.46. The second-order valence-corrected chi connectivity index (χ2v) is 7.02. The van der Waals surface area contributed by atoms with Crippen LogP contribution in [0.25, 0.3) is 11.1 Å². The Labute approximate surface area is 145 Å². The van der Waals surface area contributed by atoms with Crippen LogP contribution in [0.1, 0.15) is 83.3 Å². The number of rotatable bonds is 10. The molecule has 4 heteroatoms. The second kappa shape index (κ2) is 9.05. The molecule has 0 N–H and O–H groups in total. The van der Waals surface area contributed by atoms with E-state index in [9.17, 15) is 0 Å². The monoisotopic (exact) mass is 330 g/mol. The Morgan fingerprint density at radius 3 is 2.62 bits per heavy atom. The minimum Gasteiger partial charge on any atom is -0.460 e. The van der Waals surface area contributed by atoms with Crippen molar-refractivity contribution in [1.29, 1.82) is 0 Å². The van der Waals surface area contributed by atoms with Crippen molar-refractivity contribution in [3.05, 3.63) is 18.0 Å². The van der Waals surface area contributed by atoms with E-state index in [0.717, 1.165) is 30.4 Å². The topological polar surface area (TPSA) is 48.2 Å². The number of nitrogens with zero attached hydrogens (tertiary/aromatic N) is 2. The summed E-state index contributed by atoms with van der Waals surface area (Å²) >= 11 is 0. The Kier molecular flexibility index (Phi) is 6.50. The van der Waals surface area contributed by atoms with Crippen LogP contribution in [0.5, 0.6) is 6.01 Å². The molecule has 0 radical (unpaired) electrons. The zero-order valence-corrected chi connectivity index (χ0v) is 14.9. The molecular weight excluding hydrogens is 300 g/mol. The molecule has 0 amide bonds. The molecule has 0 aliphatic heterocycles. The summed E-state index contributed by atoms with van der Waals surface area (Å²) in [6.07, 6.45) is 17.0. The van der Waals surface area contributed by atoms with Crippen LogP contribution in [0.3, 0.4) is 0 Å². The van der Waals surface area contributed by atoms with Gasteiger partial charge in [0.15, 0.2) is 0 Å². The predicted octanol–water partition coefficient (Wildman–Crippen LogP) is 5.84. The SMILES string of the molecule is CCCCCCCCCc1cc2cnc(OC3CCCC3)nc2o1. The van der Waals surface area contributed by atoms with Gasteiger partial charge in [0.2, 0.25) is 5.71 Å². The number of furan rings is 1. The lowest BCUT2D eigenvalue weighted by atomic mass is 10.1. The minimum absolute atomic E-state index is 0.282. The Balaban J connectivity index is 1.46. The lowest BCUT2D eigenvalue weighted by molar-refractivity contribution is 0.192. The van der Waals surface area contributed by atoms with Gasteiger partial charge in [0.1, 0.15) is 11.9 Å². The summed E-state index contributed by atoms with van der Waals surface area (Å²) in [5.41, 5.74) is 0.663. The maximum absolute atomic E-state index is 5.89. The van der Waals surface area contributed by atoms with Crippen LogP contribution >= 0.6 is 0 Å². The Morgan fingerprint density at radius 2 is 1.83 bits per heavy atom. The van der Waals surface area contributed by atoms with Crippen LogP contribution in [0.15, 0.2) is 16.7 Å². The molecule has 2 heterocycles. The van der Waals surface area contributed by atoms with E-state index in [4.69, 9.17) is 9.15 Å². The van der Waals surface area contributed by atoms with Gasteiger partial charge >= 0.3 is 6.01 Å². The lowest BCUT2D eigenvalue weighted by Crippen LogP contribution is -2.12. The summed E-state index contributed by atoms with van der Waals surface area (Å²) in [7, 11) is 0. The molecule has 24 heavy (non-hydrogen) atoms. The molecule has 1 aliphatic rings. The first-order valence-electron chi connectivity index (χ1n) is 9.77. The van der Waals surface area contributed by atoms with Gasteiger partial charge in [0.25, 0.3) is 0 Å². The maximum Gasteiger partial charge on any atom is 0.320 e. The van der Waals surface area contributed by atoms with Crippen molar-refractivity contribution in [3.8, 4) is 6.01 Å². The van der Waals surface area contributed by atoms with Gasteiger partial charge in [-0.2, -0.15) is 4.98 Å². The molecule has 1 fully saturated rings. The molecule has 0 atom stereocenters. The van der Waals surface area contributed by atoms with Crippen molar-refractivity contribution in [3.63, 3.8) is 0 Å². The first kappa shape index (κ1) is 17.2. The van der Waals surface area contributed by atoms with Gasteiger partial charge < -0.3 is 9.15 Å². The molecule has 1 aliphatic carbocycles. The number of hydrogen-bond donors (Lipinski definition) is 0. The first-order valence-corrected chi connectivity index (χ1v) is 9.77. The number of unbranched alkanes of at least 4 members (excludes halogenated alkanes) is 6. The summed E-state index contributed by atoms with van der Waals surface area (Å²) in [6.45, 7) is 2.26. The highest BCUT2D eigenvalue weighted by Crippen LogP contribution is 2.24. The van der Waals surface area contributed by atoms with Crippen molar-refractivity contribution < 1.29 is 9.15 Å². The van der Waals surface area contributed by atoms with Crippen molar-refractivity contribution in [1.82, 2.24) is 9.97 Å². The zero-order chi connectivity index (χ0) is 16.6. The number of ether oxygens (including phenoxy) is 1. The highest BCUT2D eigenvalue weighted by atomic mass is 16.5. The van der Waals surface area contributed by atoms with E-state index in [-0.39, 0.29) is 6.10 Å². The fourth-order valence-corrected chi connectivity index (χ4v) is 3.46. The molecule has 1 saturated carbocycles. The third-order valence-corrected chi connectivity index (χ3v) is 4.90. The van der Waals surface area contributed by atoms with Gasteiger partial charge in [-0.05, 0) is 38.2 Å². The summed E-state index contributed by atoms with van der Waals surface area (Å²) in [5, 5.41) is 0.978. The van der Waals surface area contributed by atoms with E-state index in [2.05, 4.69) is 23.0 Å². The summed E-state index contributed by atoms with van der Waals surface area (Å²) < 4.78 is 11.7. The largest absolute Gasteiger partial charge is 0.460 e. The van der Waals surface area contributed by atoms with Crippen molar-refractivity contribution in [2.75, 3.05) is 0 Å². The highest BCUT2D eigenvalue weighted by Gasteiger charge is 2.18. The second-order valence-electron chi connectivity index (χ2n) is 7.02. The molecule has 0 bridgehead atoms. The molecule has 0 unspecified atom stereocenters. The third kappa shape index (κ3) is 4.96. The molecular formula is C20H30N2O2. The lowest BCUT2D eigenvalue weighted by Gasteiger charge is -2.09. The van der Waals surface area contributed by atoms with Crippen LogP contribution in [0.4, 0.5) is 0 Å². The Hall–Kier alpha value is -1.58. The highest BCUT2D eigenvalue weighted by molar-refractivity contribution is 5.73. The smallest absolute Gasteiger partial charge is 0.320 e.